The maximum atomic E-state index is 12.2. The number of carbonyl (C=O) groups excluding carboxylic acids is 2. The molecule has 2 amide bonds. The Morgan fingerprint density at radius 1 is 0.720 bits per heavy atom. The zero-order valence-corrected chi connectivity index (χ0v) is 15.5. The largest absolute Gasteiger partial charge is 0.315 e. The van der Waals surface area contributed by atoms with Gasteiger partial charge in [0, 0.05) is 49.8 Å². The molecule has 0 fully saturated rings. The Kier molecular flexibility index (Phi) is 7.54. The average molecular weight is 356 g/mol. The fourth-order valence-electron chi connectivity index (χ4n) is 2.35. The van der Waals surface area contributed by atoms with Crippen LogP contribution in [0, 0.1) is 0 Å². The number of nitrogens with zero attached hydrogens (tertiary/aromatic N) is 2. The van der Waals surface area contributed by atoms with Gasteiger partial charge in [-0.15, -0.1) is 0 Å². The van der Waals surface area contributed by atoms with Crippen LogP contribution in [0.1, 0.15) is 12.8 Å². The molecule has 2 aromatic carbocycles. The monoisotopic (exact) mass is 356 g/mol. The van der Waals surface area contributed by atoms with Crippen LogP contribution in [0.3, 0.4) is 0 Å². The molecule has 5 heteroatoms. The predicted octanol–water partition coefficient (Wildman–Crippen LogP) is 3.83. The van der Waals surface area contributed by atoms with E-state index in [9.17, 15) is 9.59 Å². The van der Waals surface area contributed by atoms with Crippen molar-refractivity contribution < 1.29 is 9.59 Å². The molecule has 0 heterocycles. The van der Waals surface area contributed by atoms with E-state index in [0.717, 1.165) is 22.9 Å². The number of thioether (sulfide) groups is 1. The van der Waals surface area contributed by atoms with Crippen molar-refractivity contribution in [1.29, 1.82) is 0 Å². The summed E-state index contributed by atoms with van der Waals surface area (Å²) >= 11 is 1.64. The summed E-state index contributed by atoms with van der Waals surface area (Å²) in [7, 11) is 3.58. The fourth-order valence-corrected chi connectivity index (χ4v) is 3.19. The van der Waals surface area contributed by atoms with Crippen LogP contribution >= 0.6 is 11.8 Å². The third kappa shape index (κ3) is 5.94. The van der Waals surface area contributed by atoms with Crippen molar-refractivity contribution in [3.05, 3.63) is 60.7 Å². The zero-order valence-electron chi connectivity index (χ0n) is 14.7. The van der Waals surface area contributed by atoms with E-state index in [4.69, 9.17) is 0 Å². The number of hydrogen-bond acceptors (Lipinski definition) is 3. The summed E-state index contributed by atoms with van der Waals surface area (Å²) in [6.45, 7) is 0. The van der Waals surface area contributed by atoms with Crippen molar-refractivity contribution in [2.24, 2.45) is 0 Å². The second-order valence-electron chi connectivity index (χ2n) is 5.69. The molecule has 0 saturated carbocycles. The molecule has 2 aromatic rings. The molecule has 0 saturated heterocycles. The van der Waals surface area contributed by atoms with E-state index < -0.39 is 0 Å². The maximum absolute atomic E-state index is 12.2. The highest BCUT2D eigenvalue weighted by molar-refractivity contribution is 7.99. The predicted molar refractivity (Wildman–Crippen MR) is 106 cm³/mol. The van der Waals surface area contributed by atoms with Crippen molar-refractivity contribution in [1.82, 2.24) is 0 Å². The van der Waals surface area contributed by atoms with Gasteiger partial charge >= 0.3 is 0 Å². The lowest BCUT2D eigenvalue weighted by molar-refractivity contribution is -0.118. The van der Waals surface area contributed by atoms with Gasteiger partial charge in [0.2, 0.25) is 11.8 Å². The number of benzene rings is 2. The first-order chi connectivity index (χ1) is 12.1. The van der Waals surface area contributed by atoms with Gasteiger partial charge in [0.25, 0.3) is 0 Å². The fraction of sp³-hybridized carbons (Fsp3) is 0.300. The third-order valence-electron chi connectivity index (χ3n) is 3.96. The molecule has 4 nitrogen and oxygen atoms in total. The molecule has 2 rings (SSSR count). The second-order valence-corrected chi connectivity index (χ2v) is 6.91. The van der Waals surface area contributed by atoms with Gasteiger partial charge in [0.1, 0.15) is 0 Å². The van der Waals surface area contributed by atoms with Crippen molar-refractivity contribution in [3.8, 4) is 0 Å². The summed E-state index contributed by atoms with van der Waals surface area (Å²) in [6.07, 6.45) is 0.942. The lowest BCUT2D eigenvalue weighted by atomic mass is 10.3. The smallest absolute Gasteiger partial charge is 0.227 e. The summed E-state index contributed by atoms with van der Waals surface area (Å²) < 4.78 is 0. The molecule has 0 unspecified atom stereocenters. The molecule has 0 aliphatic carbocycles. The number of para-hydroxylation sites is 2. The Hall–Kier alpha value is -2.27. The van der Waals surface area contributed by atoms with Crippen molar-refractivity contribution in [2.45, 2.75) is 12.8 Å². The van der Waals surface area contributed by atoms with E-state index in [1.165, 1.54) is 0 Å². The van der Waals surface area contributed by atoms with Gasteiger partial charge in [-0.2, -0.15) is 11.8 Å². The van der Waals surface area contributed by atoms with E-state index >= 15 is 0 Å². The Balaban J connectivity index is 1.66. The molecule has 0 aromatic heterocycles. The van der Waals surface area contributed by atoms with Gasteiger partial charge in [-0.05, 0) is 24.3 Å². The van der Waals surface area contributed by atoms with Gasteiger partial charge in [-0.3, -0.25) is 9.59 Å². The minimum absolute atomic E-state index is 0.0893. The highest BCUT2D eigenvalue weighted by atomic mass is 32.2. The first kappa shape index (κ1) is 19.1. The Morgan fingerprint density at radius 2 is 1.08 bits per heavy atom. The summed E-state index contributed by atoms with van der Waals surface area (Å²) in [5.41, 5.74) is 1.80. The van der Waals surface area contributed by atoms with E-state index in [-0.39, 0.29) is 11.8 Å². The summed E-state index contributed by atoms with van der Waals surface area (Å²) in [5.74, 6) is 1.62. The number of hydrogen-bond donors (Lipinski definition) is 0. The van der Waals surface area contributed by atoms with Crippen LogP contribution < -0.4 is 9.80 Å². The normalized spacial score (nSPS) is 10.3. The molecule has 25 heavy (non-hydrogen) atoms. The Bertz CT molecular complexity index is 617. The van der Waals surface area contributed by atoms with Gasteiger partial charge in [-0.25, -0.2) is 0 Å². The van der Waals surface area contributed by atoms with Crippen molar-refractivity contribution in [3.63, 3.8) is 0 Å². The van der Waals surface area contributed by atoms with E-state index in [1.807, 2.05) is 60.7 Å². The lowest BCUT2D eigenvalue weighted by Crippen LogP contribution is -2.27. The van der Waals surface area contributed by atoms with Crippen LogP contribution in [-0.4, -0.2) is 37.4 Å². The van der Waals surface area contributed by atoms with Crippen molar-refractivity contribution >= 4 is 35.0 Å². The molecule has 0 radical (unpaired) electrons. The number of amides is 2. The molecule has 132 valence electrons. The zero-order chi connectivity index (χ0) is 18.1. The molecule has 0 N–H and O–H groups in total. The molecule has 0 aliphatic rings. The van der Waals surface area contributed by atoms with Crippen LogP contribution in [0.5, 0.6) is 0 Å². The Labute approximate surface area is 153 Å². The number of anilines is 2. The molecule has 0 bridgehead atoms. The molecular formula is C20H24N2O2S. The second kappa shape index (κ2) is 9.89. The third-order valence-corrected chi connectivity index (χ3v) is 4.94. The topological polar surface area (TPSA) is 40.6 Å². The average Bonchev–Trinajstić information content (AvgIpc) is 2.67. The van der Waals surface area contributed by atoms with Gasteiger partial charge in [0.15, 0.2) is 0 Å². The van der Waals surface area contributed by atoms with Crippen LogP contribution in [-0.2, 0) is 9.59 Å². The standard InChI is InChI=1S/C20H24N2O2S/c1-21(17-9-5-3-6-10-17)19(23)13-15-25-16-14-20(24)22(2)18-11-7-4-8-12-18/h3-12H,13-16H2,1-2H3. The van der Waals surface area contributed by atoms with Crippen molar-refractivity contribution in [2.75, 3.05) is 35.4 Å². The van der Waals surface area contributed by atoms with E-state index in [0.29, 0.717) is 12.8 Å². The van der Waals surface area contributed by atoms with Gasteiger partial charge in [-0.1, -0.05) is 36.4 Å². The highest BCUT2D eigenvalue weighted by Gasteiger charge is 2.12. The van der Waals surface area contributed by atoms with Crippen LogP contribution in [0.2, 0.25) is 0 Å². The van der Waals surface area contributed by atoms with Crippen LogP contribution in [0.15, 0.2) is 60.7 Å². The minimum Gasteiger partial charge on any atom is -0.315 e. The SMILES string of the molecule is CN(C(=O)CCSCCC(=O)N(C)c1ccccc1)c1ccccc1. The van der Waals surface area contributed by atoms with Crippen LogP contribution in [0.25, 0.3) is 0 Å². The quantitative estimate of drug-likeness (QED) is 0.675. The number of rotatable bonds is 8. The first-order valence-corrected chi connectivity index (χ1v) is 9.46. The van der Waals surface area contributed by atoms with Gasteiger partial charge < -0.3 is 9.80 Å². The summed E-state index contributed by atoms with van der Waals surface area (Å²) in [6, 6.07) is 19.2. The lowest BCUT2D eigenvalue weighted by Gasteiger charge is -2.18. The number of carbonyl (C=O) groups is 2. The minimum atomic E-state index is 0.0893. The molecule has 0 atom stereocenters. The maximum Gasteiger partial charge on any atom is 0.227 e. The Morgan fingerprint density at radius 3 is 1.44 bits per heavy atom. The van der Waals surface area contributed by atoms with Crippen LogP contribution in [0.4, 0.5) is 11.4 Å². The summed E-state index contributed by atoms with van der Waals surface area (Å²) in [4.78, 5) is 27.7. The molecular weight excluding hydrogens is 332 g/mol. The highest BCUT2D eigenvalue weighted by Crippen LogP contribution is 2.15. The molecule has 0 spiro atoms. The molecule has 0 aliphatic heterocycles. The summed E-state index contributed by atoms with van der Waals surface area (Å²) in [5, 5.41) is 0. The van der Waals surface area contributed by atoms with E-state index in [2.05, 4.69) is 0 Å². The van der Waals surface area contributed by atoms with E-state index in [1.54, 1.807) is 35.7 Å². The van der Waals surface area contributed by atoms with Gasteiger partial charge in [0.05, 0.1) is 0 Å². The first-order valence-electron chi connectivity index (χ1n) is 8.30.